The first-order valence-electron chi connectivity index (χ1n) is 13.5. The van der Waals surface area contributed by atoms with Crippen molar-refractivity contribution in [3.63, 3.8) is 0 Å². The minimum absolute atomic E-state index is 0.000678. The molecule has 2 saturated heterocycles. The number of rotatable bonds is 6. The number of nitrogens with two attached hydrogens (primary N) is 1. The van der Waals surface area contributed by atoms with E-state index in [2.05, 4.69) is 25.2 Å². The number of nitrogens with one attached hydrogen (secondary N) is 1. The second-order valence-electron chi connectivity index (χ2n) is 10.5. The molecule has 3 aliphatic rings. The minimum atomic E-state index is -4.75. The minimum Gasteiger partial charge on any atom is -0.383 e. The molecule has 2 aromatic rings. The lowest BCUT2D eigenvalue weighted by molar-refractivity contribution is -0.141. The van der Waals surface area contributed by atoms with Crippen molar-refractivity contribution in [3.05, 3.63) is 40.4 Å². The van der Waals surface area contributed by atoms with Crippen molar-refractivity contribution in [2.45, 2.75) is 63.3 Å². The van der Waals surface area contributed by atoms with Crippen LogP contribution >= 0.6 is 11.6 Å². The predicted octanol–water partition coefficient (Wildman–Crippen LogP) is 3.22. The fourth-order valence-electron chi connectivity index (χ4n) is 5.51. The number of likely N-dealkylation sites (tertiary alicyclic amines) is 1. The van der Waals surface area contributed by atoms with E-state index in [0.29, 0.717) is 38.3 Å². The van der Waals surface area contributed by atoms with Gasteiger partial charge in [-0.25, -0.2) is 15.0 Å². The van der Waals surface area contributed by atoms with Gasteiger partial charge in [0.15, 0.2) is 11.5 Å². The number of nitrogen functional groups attached to an aromatic ring is 1. The molecule has 40 heavy (non-hydrogen) atoms. The lowest BCUT2D eigenvalue weighted by atomic mass is 9.97. The third-order valence-corrected chi connectivity index (χ3v) is 8.02. The molecule has 1 aliphatic carbocycles. The Kier molecular flexibility index (Phi) is 8.05. The molecule has 3 fully saturated rings. The lowest BCUT2D eigenvalue weighted by Crippen LogP contribution is -2.59. The summed E-state index contributed by atoms with van der Waals surface area (Å²) in [4.78, 5) is 42.8. The van der Waals surface area contributed by atoms with Gasteiger partial charge in [0.25, 0.3) is 11.8 Å². The Morgan fingerprint density at radius 3 is 2.45 bits per heavy atom. The standard InChI is InChI=1S/C26H32ClF3N8O2/c1-2-16-14-37(23-21(26(28,29)30)34-19(13-32-23)24(39)33-15-3-4-15)11-12-38(16)17-7-9-36(10-8-17)25(40)18-5-6-20(27)35-22(18)31/h5-6,13,15-17H,2-4,7-12,14H2,1H3,(H2,31,35)(H,33,39)/t16-/m0/s1. The molecule has 0 radical (unpaired) electrons. The number of piperidine rings is 1. The van der Waals surface area contributed by atoms with Gasteiger partial charge in [0.2, 0.25) is 0 Å². The number of aromatic nitrogens is 3. The Hall–Kier alpha value is -3.19. The van der Waals surface area contributed by atoms with Gasteiger partial charge in [-0.05, 0) is 44.2 Å². The number of hydrogen-bond donors (Lipinski definition) is 2. The smallest absolute Gasteiger partial charge is 0.383 e. The summed E-state index contributed by atoms with van der Waals surface area (Å²) in [6, 6.07) is 3.31. The molecule has 1 atom stereocenters. The zero-order chi connectivity index (χ0) is 28.6. The molecule has 1 saturated carbocycles. The van der Waals surface area contributed by atoms with Crippen molar-refractivity contribution < 1.29 is 22.8 Å². The summed E-state index contributed by atoms with van der Waals surface area (Å²) in [5.74, 6) is -0.976. The van der Waals surface area contributed by atoms with Gasteiger partial charge in [0.05, 0.1) is 11.8 Å². The molecule has 4 heterocycles. The average Bonchev–Trinajstić information content (AvgIpc) is 3.75. The molecular formula is C26H32ClF3N8O2. The summed E-state index contributed by atoms with van der Waals surface area (Å²) in [6.45, 7) is 4.33. The molecule has 0 unspecified atom stereocenters. The largest absolute Gasteiger partial charge is 0.437 e. The van der Waals surface area contributed by atoms with Gasteiger partial charge in [-0.15, -0.1) is 0 Å². The number of pyridine rings is 1. The van der Waals surface area contributed by atoms with Crippen molar-refractivity contribution in [1.29, 1.82) is 0 Å². The Labute approximate surface area is 235 Å². The number of carbonyl (C=O) groups is 2. The van der Waals surface area contributed by atoms with E-state index in [0.717, 1.165) is 38.3 Å². The van der Waals surface area contributed by atoms with Gasteiger partial charge in [-0.1, -0.05) is 18.5 Å². The number of nitrogens with zero attached hydrogens (tertiary/aromatic N) is 6. The van der Waals surface area contributed by atoms with Crippen LogP contribution < -0.4 is 16.0 Å². The maximum absolute atomic E-state index is 14.0. The van der Waals surface area contributed by atoms with Crippen molar-refractivity contribution in [2.24, 2.45) is 0 Å². The van der Waals surface area contributed by atoms with E-state index in [1.54, 1.807) is 15.9 Å². The third kappa shape index (κ3) is 6.09. The Bertz CT molecular complexity index is 1270. The Balaban J connectivity index is 1.24. The zero-order valence-corrected chi connectivity index (χ0v) is 22.9. The molecule has 2 aliphatic heterocycles. The van der Waals surface area contributed by atoms with Gasteiger partial charge >= 0.3 is 6.18 Å². The van der Waals surface area contributed by atoms with E-state index >= 15 is 0 Å². The second kappa shape index (κ2) is 11.4. The van der Waals surface area contributed by atoms with Crippen LogP contribution in [0, 0.1) is 0 Å². The molecule has 5 rings (SSSR count). The summed E-state index contributed by atoms with van der Waals surface area (Å²) in [5, 5.41) is 2.89. The summed E-state index contributed by atoms with van der Waals surface area (Å²) in [7, 11) is 0. The van der Waals surface area contributed by atoms with Crippen LogP contribution in [0.2, 0.25) is 5.15 Å². The van der Waals surface area contributed by atoms with E-state index in [1.165, 1.54) is 6.07 Å². The van der Waals surface area contributed by atoms with Crippen molar-refractivity contribution in [1.82, 2.24) is 30.1 Å². The molecule has 10 nitrogen and oxygen atoms in total. The van der Waals surface area contributed by atoms with Gasteiger partial charge in [-0.3, -0.25) is 14.5 Å². The highest BCUT2D eigenvalue weighted by Crippen LogP contribution is 2.36. The average molecular weight is 581 g/mol. The summed E-state index contributed by atoms with van der Waals surface area (Å²) >= 11 is 5.85. The first-order chi connectivity index (χ1) is 19.0. The highest BCUT2D eigenvalue weighted by Gasteiger charge is 2.41. The van der Waals surface area contributed by atoms with E-state index in [4.69, 9.17) is 17.3 Å². The topological polar surface area (TPSA) is 121 Å². The predicted molar refractivity (Wildman–Crippen MR) is 143 cm³/mol. The second-order valence-corrected chi connectivity index (χ2v) is 10.9. The van der Waals surface area contributed by atoms with Crippen molar-refractivity contribution in [2.75, 3.05) is 43.4 Å². The van der Waals surface area contributed by atoms with Gasteiger partial charge < -0.3 is 20.9 Å². The van der Waals surface area contributed by atoms with Crippen LogP contribution in [-0.4, -0.2) is 87.4 Å². The fraction of sp³-hybridized carbons (Fsp3) is 0.577. The SMILES string of the molecule is CC[C@H]1CN(c2ncc(C(=O)NC3CC3)nc2C(F)(F)F)CCN1C1CCN(C(=O)c2ccc(Cl)nc2N)CC1. The monoisotopic (exact) mass is 580 g/mol. The zero-order valence-electron chi connectivity index (χ0n) is 22.1. The number of carbonyl (C=O) groups excluding carboxylic acids is 2. The van der Waals surface area contributed by atoms with Crippen LogP contribution in [0.3, 0.4) is 0 Å². The van der Waals surface area contributed by atoms with Crippen LogP contribution in [0.25, 0.3) is 0 Å². The van der Waals surface area contributed by atoms with E-state index < -0.39 is 17.8 Å². The normalized spacial score (nSPS) is 21.0. The molecule has 2 amide bonds. The molecule has 14 heteroatoms. The van der Waals surface area contributed by atoms with Crippen molar-refractivity contribution in [3.8, 4) is 0 Å². The molecule has 3 N–H and O–H groups in total. The van der Waals surface area contributed by atoms with Gasteiger partial charge in [-0.2, -0.15) is 13.2 Å². The molecule has 0 bridgehead atoms. The van der Waals surface area contributed by atoms with Crippen LogP contribution in [0.1, 0.15) is 65.6 Å². The van der Waals surface area contributed by atoms with E-state index in [1.807, 2.05) is 6.92 Å². The maximum atomic E-state index is 14.0. The number of halogens is 4. The molecule has 2 aromatic heterocycles. The maximum Gasteiger partial charge on any atom is 0.437 e. The van der Waals surface area contributed by atoms with Gasteiger partial charge in [0, 0.05) is 50.8 Å². The highest BCUT2D eigenvalue weighted by molar-refractivity contribution is 6.29. The van der Waals surface area contributed by atoms with E-state index in [9.17, 15) is 22.8 Å². The number of amides is 2. The first kappa shape index (κ1) is 28.3. The Morgan fingerprint density at radius 2 is 1.82 bits per heavy atom. The highest BCUT2D eigenvalue weighted by atomic mass is 35.5. The summed E-state index contributed by atoms with van der Waals surface area (Å²) in [5.41, 5.74) is 4.75. The number of piperazine rings is 1. The summed E-state index contributed by atoms with van der Waals surface area (Å²) in [6.07, 6.45) is 0.221. The quantitative estimate of drug-likeness (QED) is 0.500. The summed E-state index contributed by atoms with van der Waals surface area (Å²) < 4.78 is 42.0. The lowest BCUT2D eigenvalue weighted by Gasteiger charge is -2.47. The molecule has 0 aromatic carbocycles. The fourth-order valence-corrected chi connectivity index (χ4v) is 5.66. The number of alkyl halides is 3. The van der Waals surface area contributed by atoms with Gasteiger partial charge in [0.1, 0.15) is 16.7 Å². The number of anilines is 2. The van der Waals surface area contributed by atoms with Crippen LogP contribution in [0.15, 0.2) is 18.3 Å². The van der Waals surface area contributed by atoms with Crippen molar-refractivity contribution >= 4 is 35.1 Å². The molecule has 216 valence electrons. The van der Waals surface area contributed by atoms with Crippen LogP contribution in [0.4, 0.5) is 24.8 Å². The van der Waals surface area contributed by atoms with E-state index in [-0.39, 0.29) is 46.5 Å². The Morgan fingerprint density at radius 1 is 1.10 bits per heavy atom. The van der Waals surface area contributed by atoms with Crippen LogP contribution in [0.5, 0.6) is 0 Å². The molecular weight excluding hydrogens is 549 g/mol. The molecule has 0 spiro atoms. The number of hydrogen-bond acceptors (Lipinski definition) is 8. The third-order valence-electron chi connectivity index (χ3n) is 7.81. The van der Waals surface area contributed by atoms with Crippen LogP contribution in [-0.2, 0) is 6.18 Å². The first-order valence-corrected chi connectivity index (χ1v) is 13.9.